The van der Waals surface area contributed by atoms with Crippen LogP contribution in [0.4, 0.5) is 5.69 Å². The van der Waals surface area contributed by atoms with Gasteiger partial charge in [0.2, 0.25) is 15.9 Å². The molecule has 0 spiro atoms. The predicted molar refractivity (Wildman–Crippen MR) is 135 cm³/mol. The van der Waals surface area contributed by atoms with Gasteiger partial charge in [-0.25, -0.2) is 8.42 Å². The van der Waals surface area contributed by atoms with Crippen LogP contribution in [0, 0.1) is 23.7 Å². The van der Waals surface area contributed by atoms with Gasteiger partial charge in [0.15, 0.2) is 0 Å². The lowest BCUT2D eigenvalue weighted by molar-refractivity contribution is -0.136. The Morgan fingerprint density at radius 3 is 2.14 bits per heavy atom. The van der Waals surface area contributed by atoms with Gasteiger partial charge in [-0.3, -0.25) is 9.59 Å². The Balaban J connectivity index is 1.16. The molecular formula is C28H34N2O4S. The summed E-state index contributed by atoms with van der Waals surface area (Å²) >= 11 is 0. The summed E-state index contributed by atoms with van der Waals surface area (Å²) in [6.07, 6.45) is 6.84. The van der Waals surface area contributed by atoms with E-state index in [2.05, 4.69) is 17.4 Å². The number of anilines is 1. The molecule has 1 N–H and O–H groups in total. The molecule has 3 fully saturated rings. The number of nitrogens with zero attached hydrogens (tertiary/aromatic N) is 1. The molecule has 0 radical (unpaired) electrons. The van der Waals surface area contributed by atoms with E-state index in [1.54, 1.807) is 28.6 Å². The van der Waals surface area contributed by atoms with E-state index in [0.29, 0.717) is 43.3 Å². The van der Waals surface area contributed by atoms with Crippen LogP contribution >= 0.6 is 0 Å². The zero-order valence-electron chi connectivity index (χ0n) is 20.1. The van der Waals surface area contributed by atoms with Crippen molar-refractivity contribution >= 4 is 27.4 Å². The molecule has 1 saturated heterocycles. The number of rotatable bonds is 6. The summed E-state index contributed by atoms with van der Waals surface area (Å²) in [7, 11) is -3.56. The van der Waals surface area contributed by atoms with E-state index in [1.807, 2.05) is 18.2 Å². The predicted octanol–water partition coefficient (Wildman–Crippen LogP) is 4.66. The summed E-state index contributed by atoms with van der Waals surface area (Å²) in [4.78, 5) is 25.4. The standard InChI is InChI=1S/C28H34N2O4S/c31-27-22-7-4-8-23(27)19-24(18-22)28(32)29-25-9-11-26(12-10-25)35(33,34)30-15-13-21(14-16-30)17-20-5-2-1-3-6-20/h1-3,5-6,9-12,21-24H,4,7-8,13-19H2,(H,29,32). The minimum absolute atomic E-state index is 0.0302. The van der Waals surface area contributed by atoms with Crippen LogP contribution in [0.15, 0.2) is 59.5 Å². The number of ketones is 1. The second-order valence-electron chi connectivity index (χ2n) is 10.4. The van der Waals surface area contributed by atoms with Crippen molar-refractivity contribution in [2.75, 3.05) is 18.4 Å². The van der Waals surface area contributed by atoms with Crippen LogP contribution in [-0.2, 0) is 26.0 Å². The number of sulfonamides is 1. The van der Waals surface area contributed by atoms with Gasteiger partial charge in [0.25, 0.3) is 0 Å². The SMILES string of the molecule is O=C(Nc1ccc(S(=O)(=O)N2CCC(Cc3ccccc3)CC2)cc1)C1CC2CCCC(C1)C2=O. The average molecular weight is 495 g/mol. The Bertz CT molecular complexity index is 1140. The van der Waals surface area contributed by atoms with Crippen molar-refractivity contribution in [3.63, 3.8) is 0 Å². The second kappa shape index (κ2) is 10.2. The number of fused-ring (bicyclic) bond motifs is 2. The van der Waals surface area contributed by atoms with Gasteiger partial charge >= 0.3 is 0 Å². The molecule has 3 aliphatic rings. The third kappa shape index (κ3) is 5.36. The highest BCUT2D eigenvalue weighted by atomic mass is 32.2. The van der Waals surface area contributed by atoms with Gasteiger partial charge in [-0.05, 0) is 80.7 Å². The summed E-state index contributed by atoms with van der Waals surface area (Å²) in [5.74, 6) is 0.689. The first kappa shape index (κ1) is 24.2. The number of nitrogens with one attached hydrogen (secondary N) is 1. The van der Waals surface area contributed by atoms with Crippen molar-refractivity contribution in [2.45, 2.75) is 56.3 Å². The Kier molecular flexibility index (Phi) is 7.07. The van der Waals surface area contributed by atoms with Gasteiger partial charge < -0.3 is 5.32 Å². The molecule has 35 heavy (non-hydrogen) atoms. The van der Waals surface area contributed by atoms with E-state index in [-0.39, 0.29) is 28.6 Å². The minimum Gasteiger partial charge on any atom is -0.326 e. The summed E-state index contributed by atoms with van der Waals surface area (Å²) < 4.78 is 27.9. The maximum Gasteiger partial charge on any atom is 0.243 e. The third-order valence-corrected chi connectivity index (χ3v) is 10.0. The molecule has 5 rings (SSSR count). The number of carbonyl (C=O) groups is 2. The lowest BCUT2D eigenvalue weighted by Gasteiger charge is -2.36. The molecular weight excluding hydrogens is 460 g/mol. The normalized spacial score (nSPS) is 25.8. The number of piperidine rings is 1. The third-order valence-electron chi connectivity index (χ3n) is 8.12. The molecule has 2 aromatic carbocycles. The molecule has 1 heterocycles. The molecule has 0 aromatic heterocycles. The molecule has 1 amide bonds. The van der Waals surface area contributed by atoms with Crippen molar-refractivity contribution < 1.29 is 18.0 Å². The van der Waals surface area contributed by atoms with Crippen LogP contribution in [-0.4, -0.2) is 37.5 Å². The molecule has 2 unspecified atom stereocenters. The number of Topliss-reactive ketones (excluding diaryl/α,β-unsaturated/α-hetero) is 1. The summed E-state index contributed by atoms with van der Waals surface area (Å²) in [5, 5.41) is 2.94. The van der Waals surface area contributed by atoms with Crippen LogP contribution in [0.25, 0.3) is 0 Å². The molecule has 2 aliphatic carbocycles. The first-order valence-electron chi connectivity index (χ1n) is 12.9. The Labute approximate surface area is 208 Å². The van der Waals surface area contributed by atoms with E-state index in [1.165, 1.54) is 5.56 Å². The Hall–Kier alpha value is -2.51. The quantitative estimate of drug-likeness (QED) is 0.633. The maximum atomic E-state index is 13.2. The number of hydrogen-bond acceptors (Lipinski definition) is 4. The molecule has 6 nitrogen and oxygen atoms in total. The van der Waals surface area contributed by atoms with E-state index < -0.39 is 10.0 Å². The number of carbonyl (C=O) groups excluding carboxylic acids is 2. The molecule has 186 valence electrons. The van der Waals surface area contributed by atoms with Crippen LogP contribution in [0.2, 0.25) is 0 Å². The molecule has 2 atom stereocenters. The fourth-order valence-corrected chi connectivity index (χ4v) is 7.57. The first-order chi connectivity index (χ1) is 16.9. The smallest absolute Gasteiger partial charge is 0.243 e. The zero-order chi connectivity index (χ0) is 24.4. The van der Waals surface area contributed by atoms with Crippen molar-refractivity contribution in [2.24, 2.45) is 23.7 Å². The lowest BCUT2D eigenvalue weighted by Crippen LogP contribution is -2.40. The average Bonchev–Trinajstić information content (AvgIpc) is 2.85. The van der Waals surface area contributed by atoms with Gasteiger partial charge in [0.05, 0.1) is 4.90 Å². The number of hydrogen-bond donors (Lipinski definition) is 1. The van der Waals surface area contributed by atoms with Crippen LogP contribution in [0.3, 0.4) is 0 Å². The van der Waals surface area contributed by atoms with Gasteiger partial charge in [-0.1, -0.05) is 36.8 Å². The van der Waals surface area contributed by atoms with Crippen molar-refractivity contribution in [1.82, 2.24) is 4.31 Å². The minimum atomic E-state index is -3.56. The van der Waals surface area contributed by atoms with Crippen molar-refractivity contribution in [1.29, 1.82) is 0 Å². The summed E-state index contributed by atoms with van der Waals surface area (Å²) in [6, 6.07) is 16.9. The van der Waals surface area contributed by atoms with Crippen molar-refractivity contribution in [3.05, 3.63) is 60.2 Å². The molecule has 2 saturated carbocycles. The summed E-state index contributed by atoms with van der Waals surface area (Å²) in [5.41, 5.74) is 1.90. The highest BCUT2D eigenvalue weighted by Gasteiger charge is 2.41. The van der Waals surface area contributed by atoms with E-state index >= 15 is 0 Å². The first-order valence-corrected chi connectivity index (χ1v) is 14.3. The fourth-order valence-electron chi connectivity index (χ4n) is 6.10. The number of benzene rings is 2. The highest BCUT2D eigenvalue weighted by Crippen LogP contribution is 2.40. The van der Waals surface area contributed by atoms with Crippen LogP contribution in [0.1, 0.15) is 50.5 Å². The fraction of sp³-hybridized carbons (Fsp3) is 0.500. The van der Waals surface area contributed by atoms with E-state index in [9.17, 15) is 18.0 Å². The topological polar surface area (TPSA) is 83.6 Å². The second-order valence-corrected chi connectivity index (χ2v) is 12.4. The van der Waals surface area contributed by atoms with Gasteiger partial charge in [0.1, 0.15) is 5.78 Å². The van der Waals surface area contributed by atoms with Crippen molar-refractivity contribution in [3.8, 4) is 0 Å². The Morgan fingerprint density at radius 1 is 0.886 bits per heavy atom. The van der Waals surface area contributed by atoms with Crippen LogP contribution < -0.4 is 5.32 Å². The zero-order valence-corrected chi connectivity index (χ0v) is 20.9. The van der Waals surface area contributed by atoms with Crippen LogP contribution in [0.5, 0.6) is 0 Å². The number of amides is 1. The maximum absolute atomic E-state index is 13.2. The summed E-state index contributed by atoms with van der Waals surface area (Å²) in [6.45, 7) is 1.06. The van der Waals surface area contributed by atoms with Gasteiger partial charge in [0, 0.05) is 36.5 Å². The molecule has 2 bridgehead atoms. The van der Waals surface area contributed by atoms with Gasteiger partial charge in [-0.15, -0.1) is 0 Å². The monoisotopic (exact) mass is 494 g/mol. The molecule has 7 heteroatoms. The van der Waals surface area contributed by atoms with Gasteiger partial charge in [-0.2, -0.15) is 4.31 Å². The Morgan fingerprint density at radius 2 is 1.51 bits per heavy atom. The van der Waals surface area contributed by atoms with E-state index in [0.717, 1.165) is 38.5 Å². The lowest BCUT2D eigenvalue weighted by atomic mass is 9.67. The van der Waals surface area contributed by atoms with E-state index in [4.69, 9.17) is 0 Å². The highest BCUT2D eigenvalue weighted by molar-refractivity contribution is 7.89. The largest absolute Gasteiger partial charge is 0.326 e. The molecule has 1 aliphatic heterocycles. The molecule has 2 aromatic rings.